The molecule has 17 heavy (non-hydrogen) atoms. The van der Waals surface area contributed by atoms with E-state index in [1.54, 1.807) is 0 Å². The van der Waals surface area contributed by atoms with Crippen molar-refractivity contribution in [3.8, 4) is 0 Å². The second-order valence-corrected chi connectivity index (χ2v) is 5.23. The van der Waals surface area contributed by atoms with Crippen molar-refractivity contribution in [1.29, 1.82) is 0 Å². The second-order valence-electron chi connectivity index (χ2n) is 3.99. The molecule has 1 amide bonds. The van der Waals surface area contributed by atoms with Crippen LogP contribution in [0.15, 0.2) is 24.3 Å². The highest BCUT2D eigenvalue weighted by Gasteiger charge is 2.10. The van der Waals surface area contributed by atoms with Crippen LogP contribution in [0, 0.1) is 3.57 Å². The molecule has 0 saturated carbocycles. The summed E-state index contributed by atoms with van der Waals surface area (Å²) in [4.78, 5) is 11.7. The number of nitrogens with one attached hydrogen (secondary N) is 1. The lowest BCUT2D eigenvalue weighted by Crippen LogP contribution is -2.36. The van der Waals surface area contributed by atoms with Crippen LogP contribution in [-0.2, 0) is 11.2 Å². The van der Waals surface area contributed by atoms with Gasteiger partial charge in [0.2, 0.25) is 5.91 Å². The Morgan fingerprint density at radius 3 is 2.59 bits per heavy atom. The van der Waals surface area contributed by atoms with E-state index in [4.69, 9.17) is 5.11 Å². The summed E-state index contributed by atoms with van der Waals surface area (Å²) in [6, 6.07) is 8.00. The maximum Gasteiger partial charge on any atom is 0.224 e. The van der Waals surface area contributed by atoms with Crippen molar-refractivity contribution in [2.75, 3.05) is 6.61 Å². The minimum atomic E-state index is 0.0199. The van der Waals surface area contributed by atoms with Crippen LogP contribution >= 0.6 is 22.6 Å². The molecule has 1 rings (SSSR count). The average Bonchev–Trinajstić information content (AvgIpc) is 2.31. The average molecular weight is 347 g/mol. The van der Waals surface area contributed by atoms with Gasteiger partial charge >= 0.3 is 0 Å². The Labute approximate surface area is 116 Å². The van der Waals surface area contributed by atoms with Gasteiger partial charge < -0.3 is 10.4 Å². The van der Waals surface area contributed by atoms with Gasteiger partial charge in [-0.25, -0.2) is 0 Å². The molecule has 0 aromatic heterocycles. The number of hydrogen-bond donors (Lipinski definition) is 2. The van der Waals surface area contributed by atoms with E-state index in [0.29, 0.717) is 12.8 Å². The molecule has 0 bridgehead atoms. The smallest absolute Gasteiger partial charge is 0.224 e. The van der Waals surface area contributed by atoms with Crippen LogP contribution in [0.2, 0.25) is 0 Å². The molecule has 0 saturated heterocycles. The zero-order chi connectivity index (χ0) is 12.7. The molecule has 0 spiro atoms. The first-order valence-corrected chi connectivity index (χ1v) is 6.88. The lowest BCUT2D eigenvalue weighted by molar-refractivity contribution is -0.121. The molecular weight excluding hydrogens is 329 g/mol. The van der Waals surface area contributed by atoms with E-state index in [1.807, 2.05) is 31.2 Å². The summed E-state index contributed by atoms with van der Waals surface area (Å²) in [6.07, 6.45) is 1.87. The largest absolute Gasteiger partial charge is 0.396 e. The van der Waals surface area contributed by atoms with Gasteiger partial charge in [-0.2, -0.15) is 0 Å². The topological polar surface area (TPSA) is 49.3 Å². The van der Waals surface area contributed by atoms with E-state index in [2.05, 4.69) is 27.9 Å². The van der Waals surface area contributed by atoms with Gasteiger partial charge in [-0.05, 0) is 53.1 Å². The maximum atomic E-state index is 11.7. The van der Waals surface area contributed by atoms with Crippen LogP contribution in [0.25, 0.3) is 0 Å². The van der Waals surface area contributed by atoms with Crippen LogP contribution < -0.4 is 5.32 Å². The fourth-order valence-electron chi connectivity index (χ4n) is 1.60. The molecule has 0 aliphatic heterocycles. The highest BCUT2D eigenvalue weighted by molar-refractivity contribution is 14.1. The molecule has 1 unspecified atom stereocenters. The normalized spacial score (nSPS) is 12.2. The zero-order valence-corrected chi connectivity index (χ0v) is 12.1. The molecular formula is C13H18INO2. The first kappa shape index (κ1) is 14.4. The third kappa shape index (κ3) is 5.50. The number of carbonyl (C=O) groups excluding carboxylic acids is 1. The van der Waals surface area contributed by atoms with E-state index in [0.717, 1.165) is 12.0 Å². The Hall–Kier alpha value is -0.620. The molecule has 94 valence electrons. The van der Waals surface area contributed by atoms with Crippen molar-refractivity contribution in [2.24, 2.45) is 0 Å². The maximum absolute atomic E-state index is 11.7. The molecule has 1 aromatic rings. The SMILES string of the molecule is CCC(CCO)NC(=O)Cc1ccc(I)cc1. The van der Waals surface area contributed by atoms with Gasteiger partial charge in [-0.3, -0.25) is 4.79 Å². The number of amides is 1. The van der Waals surface area contributed by atoms with E-state index in [1.165, 1.54) is 3.57 Å². The predicted molar refractivity (Wildman–Crippen MR) is 76.8 cm³/mol. The molecule has 3 nitrogen and oxygen atoms in total. The van der Waals surface area contributed by atoms with Crippen molar-refractivity contribution in [1.82, 2.24) is 5.32 Å². The van der Waals surface area contributed by atoms with Gasteiger partial charge in [-0.1, -0.05) is 19.1 Å². The first-order chi connectivity index (χ1) is 8.15. The minimum Gasteiger partial charge on any atom is -0.396 e. The Morgan fingerprint density at radius 1 is 1.41 bits per heavy atom. The highest BCUT2D eigenvalue weighted by Crippen LogP contribution is 2.07. The minimum absolute atomic E-state index is 0.0199. The zero-order valence-electron chi connectivity index (χ0n) is 9.95. The molecule has 0 aliphatic rings. The number of carbonyl (C=O) groups is 1. The van der Waals surface area contributed by atoms with E-state index in [9.17, 15) is 4.79 Å². The Kier molecular flexibility index (Phi) is 6.50. The number of halogens is 1. The molecule has 0 heterocycles. The summed E-state index contributed by atoms with van der Waals surface area (Å²) in [5.74, 6) is 0.0199. The van der Waals surface area contributed by atoms with Gasteiger partial charge in [0.25, 0.3) is 0 Å². The van der Waals surface area contributed by atoms with Crippen molar-refractivity contribution >= 4 is 28.5 Å². The summed E-state index contributed by atoms with van der Waals surface area (Å²) < 4.78 is 1.17. The van der Waals surface area contributed by atoms with Gasteiger partial charge in [-0.15, -0.1) is 0 Å². The molecule has 4 heteroatoms. The van der Waals surface area contributed by atoms with E-state index < -0.39 is 0 Å². The molecule has 1 aromatic carbocycles. The van der Waals surface area contributed by atoms with Gasteiger partial charge in [0.1, 0.15) is 0 Å². The molecule has 1 atom stereocenters. The Morgan fingerprint density at radius 2 is 2.06 bits per heavy atom. The quantitative estimate of drug-likeness (QED) is 0.775. The number of benzene rings is 1. The first-order valence-electron chi connectivity index (χ1n) is 5.80. The molecule has 0 aliphatic carbocycles. The second kappa shape index (κ2) is 7.66. The van der Waals surface area contributed by atoms with E-state index >= 15 is 0 Å². The lowest BCUT2D eigenvalue weighted by atomic mass is 10.1. The highest BCUT2D eigenvalue weighted by atomic mass is 127. The van der Waals surface area contributed by atoms with Gasteiger partial charge in [0, 0.05) is 16.2 Å². The fourth-order valence-corrected chi connectivity index (χ4v) is 1.96. The van der Waals surface area contributed by atoms with Crippen molar-refractivity contribution in [2.45, 2.75) is 32.2 Å². The fraction of sp³-hybridized carbons (Fsp3) is 0.462. The summed E-state index contributed by atoms with van der Waals surface area (Å²) in [7, 11) is 0. The van der Waals surface area contributed by atoms with Crippen LogP contribution in [-0.4, -0.2) is 23.7 Å². The molecule has 0 radical (unpaired) electrons. The van der Waals surface area contributed by atoms with E-state index in [-0.39, 0.29) is 18.6 Å². The number of rotatable bonds is 6. The monoisotopic (exact) mass is 347 g/mol. The lowest BCUT2D eigenvalue weighted by Gasteiger charge is -2.15. The number of aliphatic hydroxyl groups is 1. The molecule has 2 N–H and O–H groups in total. The Bertz CT molecular complexity index is 351. The van der Waals surface area contributed by atoms with Crippen LogP contribution in [0.1, 0.15) is 25.3 Å². The summed E-state index contributed by atoms with van der Waals surface area (Å²) in [6.45, 7) is 2.12. The standard InChI is InChI=1S/C13H18INO2/c1-2-12(7-8-16)15-13(17)9-10-3-5-11(14)6-4-10/h3-6,12,16H,2,7-9H2,1H3,(H,15,17). The number of aliphatic hydroxyl groups excluding tert-OH is 1. The third-order valence-corrected chi connectivity index (χ3v) is 3.33. The van der Waals surface area contributed by atoms with Gasteiger partial charge in [0.05, 0.1) is 6.42 Å². The van der Waals surface area contributed by atoms with Crippen molar-refractivity contribution in [3.05, 3.63) is 33.4 Å². The van der Waals surface area contributed by atoms with Crippen LogP contribution in [0.4, 0.5) is 0 Å². The van der Waals surface area contributed by atoms with Crippen molar-refractivity contribution < 1.29 is 9.90 Å². The van der Waals surface area contributed by atoms with Crippen molar-refractivity contribution in [3.63, 3.8) is 0 Å². The van der Waals surface area contributed by atoms with Crippen LogP contribution in [0.5, 0.6) is 0 Å². The molecule has 0 fully saturated rings. The van der Waals surface area contributed by atoms with Crippen LogP contribution in [0.3, 0.4) is 0 Å². The summed E-state index contributed by atoms with van der Waals surface area (Å²) >= 11 is 2.24. The Balaban J connectivity index is 2.46. The van der Waals surface area contributed by atoms with Gasteiger partial charge in [0.15, 0.2) is 0 Å². The number of hydrogen-bond acceptors (Lipinski definition) is 2. The third-order valence-electron chi connectivity index (χ3n) is 2.61. The summed E-state index contributed by atoms with van der Waals surface area (Å²) in [5.41, 5.74) is 1.02. The summed E-state index contributed by atoms with van der Waals surface area (Å²) in [5, 5.41) is 11.8. The predicted octanol–water partition coefficient (Wildman–Crippen LogP) is 2.11.